The van der Waals surface area contributed by atoms with E-state index < -0.39 is 56.1 Å². The molecule has 2 aromatic carbocycles. The molecule has 2 unspecified atom stereocenters. The first kappa shape index (κ1) is 26.8. The van der Waals surface area contributed by atoms with E-state index in [4.69, 9.17) is 30.9 Å². The van der Waals surface area contributed by atoms with E-state index >= 15 is 0 Å². The van der Waals surface area contributed by atoms with Gasteiger partial charge in [-0.1, -0.05) is 35.9 Å². The van der Waals surface area contributed by atoms with Crippen LogP contribution in [-0.2, 0) is 21.5 Å². The number of hydrogen-bond acceptors (Lipinski definition) is 9. The Balaban J connectivity index is 1.90. The van der Waals surface area contributed by atoms with Gasteiger partial charge < -0.3 is 44.8 Å². The Morgan fingerprint density at radius 1 is 1.09 bits per heavy atom. The van der Waals surface area contributed by atoms with Gasteiger partial charge in [-0.25, -0.2) is 0 Å². The van der Waals surface area contributed by atoms with Crippen LogP contribution in [0.15, 0.2) is 42.5 Å². The average molecular weight is 499 g/mol. The minimum absolute atomic E-state index is 0.149. The summed E-state index contributed by atoms with van der Waals surface area (Å²) in [6.07, 6.45) is -7.08. The molecule has 34 heavy (non-hydrogen) atoms. The topological polar surface area (TPSA) is 149 Å². The summed E-state index contributed by atoms with van der Waals surface area (Å²) in [6, 6.07) is 12.0. The van der Waals surface area contributed by atoms with Crippen molar-refractivity contribution in [3.05, 3.63) is 64.2 Å². The standard InChI is InChI=1S/C24H31ClO9/c1-2-32-18-6-3-14(4-7-18)9-15-10-16(5-8-19(15)25)24(31)21(29)20(12-27)34-23(22(24)30)33-13-17(28)11-26/h3-8,10,17,20-23,26-31H,2,9,11-13H2,1H3/t17?,20-,21-,22+,23?,24+/m1/s1. The number of benzene rings is 2. The monoisotopic (exact) mass is 498 g/mol. The van der Waals surface area contributed by atoms with Crippen LogP contribution in [0.1, 0.15) is 23.6 Å². The Labute approximate surface area is 202 Å². The highest BCUT2D eigenvalue weighted by Crippen LogP contribution is 2.40. The highest BCUT2D eigenvalue weighted by atomic mass is 35.5. The van der Waals surface area contributed by atoms with Crippen molar-refractivity contribution < 1.29 is 44.8 Å². The predicted molar refractivity (Wildman–Crippen MR) is 123 cm³/mol. The first-order valence-corrected chi connectivity index (χ1v) is 11.4. The number of hydrogen-bond donors (Lipinski definition) is 6. The van der Waals surface area contributed by atoms with Crippen LogP contribution in [0.3, 0.4) is 0 Å². The van der Waals surface area contributed by atoms with Crippen molar-refractivity contribution in [2.45, 2.75) is 49.7 Å². The van der Waals surface area contributed by atoms with Gasteiger partial charge in [0.2, 0.25) is 0 Å². The molecule has 0 radical (unpaired) electrons. The number of aliphatic hydroxyl groups is 6. The highest BCUT2D eigenvalue weighted by molar-refractivity contribution is 6.31. The summed E-state index contributed by atoms with van der Waals surface area (Å²) in [7, 11) is 0. The normalized spacial score (nSPS) is 28.0. The molecule has 188 valence electrons. The lowest BCUT2D eigenvalue weighted by Crippen LogP contribution is -2.65. The van der Waals surface area contributed by atoms with Crippen LogP contribution in [0.5, 0.6) is 5.75 Å². The van der Waals surface area contributed by atoms with Crippen LogP contribution in [0.25, 0.3) is 0 Å². The molecule has 0 aliphatic carbocycles. The molecular weight excluding hydrogens is 468 g/mol. The summed E-state index contributed by atoms with van der Waals surface area (Å²) < 4.78 is 16.2. The first-order chi connectivity index (χ1) is 16.2. The zero-order valence-electron chi connectivity index (χ0n) is 18.7. The van der Waals surface area contributed by atoms with Gasteiger partial charge in [-0.2, -0.15) is 0 Å². The molecule has 1 aliphatic heterocycles. The van der Waals surface area contributed by atoms with Gasteiger partial charge in [-0.3, -0.25) is 0 Å². The SMILES string of the molecule is CCOc1ccc(Cc2cc([C@]3(O)[C@H](O)[C@@H](CO)OC(OCC(O)CO)[C@@H]3O)ccc2Cl)cc1. The number of ether oxygens (including phenoxy) is 3. The zero-order chi connectivity index (χ0) is 24.9. The Kier molecular flexibility index (Phi) is 9.27. The number of rotatable bonds is 10. The molecule has 0 amide bonds. The van der Waals surface area contributed by atoms with Crippen molar-refractivity contribution in [1.82, 2.24) is 0 Å². The summed E-state index contributed by atoms with van der Waals surface area (Å²) in [4.78, 5) is 0. The fourth-order valence-electron chi connectivity index (χ4n) is 3.91. The Morgan fingerprint density at radius 3 is 2.41 bits per heavy atom. The fourth-order valence-corrected chi connectivity index (χ4v) is 4.09. The quantitative estimate of drug-likeness (QED) is 0.272. The molecule has 1 fully saturated rings. The van der Waals surface area contributed by atoms with Gasteiger partial charge in [0.1, 0.15) is 35.8 Å². The summed E-state index contributed by atoms with van der Waals surface area (Å²) in [6.45, 7) is 0.816. The molecule has 1 aliphatic rings. The van der Waals surface area contributed by atoms with Crippen molar-refractivity contribution >= 4 is 11.6 Å². The summed E-state index contributed by atoms with van der Waals surface area (Å²) in [5.74, 6) is 0.737. The lowest BCUT2D eigenvalue weighted by Gasteiger charge is -2.48. The Morgan fingerprint density at radius 2 is 1.79 bits per heavy atom. The Hall–Kier alpha value is -1.79. The first-order valence-electron chi connectivity index (χ1n) is 11.0. The van der Waals surface area contributed by atoms with Gasteiger partial charge in [-0.05, 0) is 48.2 Å². The van der Waals surface area contributed by atoms with Crippen LogP contribution in [0, 0.1) is 0 Å². The molecular formula is C24H31ClO9. The van der Waals surface area contributed by atoms with Gasteiger partial charge in [-0.15, -0.1) is 0 Å². The van der Waals surface area contributed by atoms with E-state index in [2.05, 4.69) is 0 Å². The van der Waals surface area contributed by atoms with E-state index in [0.717, 1.165) is 11.3 Å². The zero-order valence-corrected chi connectivity index (χ0v) is 19.5. The lowest BCUT2D eigenvalue weighted by molar-refractivity contribution is -0.339. The molecule has 10 heteroatoms. The third-order valence-electron chi connectivity index (χ3n) is 5.80. The molecule has 1 heterocycles. The minimum atomic E-state index is -2.28. The summed E-state index contributed by atoms with van der Waals surface area (Å²) in [5.41, 5.74) is -0.569. The largest absolute Gasteiger partial charge is 0.494 e. The third kappa shape index (κ3) is 5.71. The summed E-state index contributed by atoms with van der Waals surface area (Å²) in [5, 5.41) is 61.9. The second kappa shape index (κ2) is 11.8. The van der Waals surface area contributed by atoms with Crippen molar-refractivity contribution in [2.24, 2.45) is 0 Å². The van der Waals surface area contributed by atoms with Crippen LogP contribution < -0.4 is 4.74 Å². The molecule has 0 spiro atoms. The maximum absolute atomic E-state index is 11.5. The van der Waals surface area contributed by atoms with E-state index in [1.54, 1.807) is 12.1 Å². The van der Waals surface area contributed by atoms with Crippen LogP contribution in [-0.4, -0.2) is 87.8 Å². The molecule has 2 aromatic rings. The Bertz CT molecular complexity index is 925. The van der Waals surface area contributed by atoms with Gasteiger partial charge in [0.25, 0.3) is 0 Å². The van der Waals surface area contributed by atoms with Crippen LogP contribution in [0.2, 0.25) is 5.02 Å². The molecule has 6 atom stereocenters. The fraction of sp³-hybridized carbons (Fsp3) is 0.500. The molecule has 3 rings (SSSR count). The van der Waals surface area contributed by atoms with E-state index in [-0.39, 0.29) is 5.56 Å². The van der Waals surface area contributed by atoms with Crippen molar-refractivity contribution in [3.8, 4) is 5.75 Å². The van der Waals surface area contributed by atoms with Gasteiger partial charge >= 0.3 is 0 Å². The molecule has 0 aromatic heterocycles. The molecule has 6 N–H and O–H groups in total. The van der Waals surface area contributed by atoms with Crippen molar-refractivity contribution in [2.75, 3.05) is 26.4 Å². The third-order valence-corrected chi connectivity index (χ3v) is 6.17. The van der Waals surface area contributed by atoms with E-state index in [9.17, 15) is 25.5 Å². The maximum atomic E-state index is 11.5. The van der Waals surface area contributed by atoms with Crippen LogP contribution in [0.4, 0.5) is 0 Å². The molecule has 1 saturated heterocycles. The van der Waals surface area contributed by atoms with Crippen molar-refractivity contribution in [1.29, 1.82) is 0 Å². The maximum Gasteiger partial charge on any atom is 0.187 e. The van der Waals surface area contributed by atoms with E-state index in [1.165, 1.54) is 6.07 Å². The van der Waals surface area contributed by atoms with Crippen LogP contribution >= 0.6 is 11.6 Å². The molecule has 9 nitrogen and oxygen atoms in total. The van der Waals surface area contributed by atoms with Gasteiger partial charge in [0, 0.05) is 5.02 Å². The second-order valence-corrected chi connectivity index (χ2v) is 8.58. The number of halogens is 1. The van der Waals surface area contributed by atoms with Gasteiger partial charge in [0.15, 0.2) is 6.29 Å². The second-order valence-electron chi connectivity index (χ2n) is 8.17. The van der Waals surface area contributed by atoms with E-state index in [0.29, 0.717) is 23.6 Å². The number of aliphatic hydroxyl groups excluding tert-OH is 5. The highest BCUT2D eigenvalue weighted by Gasteiger charge is 2.56. The van der Waals surface area contributed by atoms with Gasteiger partial charge in [0.05, 0.1) is 26.4 Å². The molecule has 0 saturated carbocycles. The average Bonchev–Trinajstić information content (AvgIpc) is 2.84. The van der Waals surface area contributed by atoms with Crippen molar-refractivity contribution in [3.63, 3.8) is 0 Å². The predicted octanol–water partition coefficient (Wildman–Crippen LogP) is 0.326. The molecule has 0 bridgehead atoms. The lowest BCUT2D eigenvalue weighted by atomic mass is 9.78. The summed E-state index contributed by atoms with van der Waals surface area (Å²) >= 11 is 6.40. The minimum Gasteiger partial charge on any atom is -0.494 e. The van der Waals surface area contributed by atoms with E-state index in [1.807, 2.05) is 31.2 Å². The smallest absolute Gasteiger partial charge is 0.187 e.